The molecule has 0 bridgehead atoms. The number of carbonyl (C=O) groups is 1. The Labute approximate surface area is 195 Å². The fourth-order valence-corrected chi connectivity index (χ4v) is 4.74. The van der Waals surface area contributed by atoms with Gasteiger partial charge in [0, 0.05) is 63.6 Å². The van der Waals surface area contributed by atoms with Crippen LogP contribution in [-0.2, 0) is 0 Å². The quantitative estimate of drug-likeness (QED) is 0.739. The van der Waals surface area contributed by atoms with Gasteiger partial charge in [-0.3, -0.25) is 4.90 Å². The van der Waals surface area contributed by atoms with E-state index in [1.54, 1.807) is 0 Å². The lowest BCUT2D eigenvalue weighted by Crippen LogP contribution is -2.49. The molecule has 32 heavy (non-hydrogen) atoms. The van der Waals surface area contributed by atoms with Crippen molar-refractivity contribution in [3.05, 3.63) is 47.0 Å². The third-order valence-corrected chi connectivity index (χ3v) is 6.87. The second-order valence-electron chi connectivity index (χ2n) is 9.06. The molecule has 2 aliphatic rings. The Hall–Kier alpha value is -2.38. The number of piperidine rings is 1. The summed E-state index contributed by atoms with van der Waals surface area (Å²) in [7, 11) is 0. The van der Waals surface area contributed by atoms with E-state index in [1.807, 2.05) is 42.4 Å². The molecule has 4 rings (SSSR count). The lowest BCUT2D eigenvalue weighted by Gasteiger charge is -2.39. The molecular weight excluding hydrogens is 424 g/mol. The maximum atomic E-state index is 13.1. The van der Waals surface area contributed by atoms with E-state index in [0.29, 0.717) is 35.8 Å². The fraction of sp³-hybridized carbons (Fsp3) is 0.542. The number of halogens is 1. The number of benzene rings is 1. The Morgan fingerprint density at radius 3 is 2.34 bits per heavy atom. The summed E-state index contributed by atoms with van der Waals surface area (Å²) in [4.78, 5) is 28.7. The first-order valence-electron chi connectivity index (χ1n) is 11.5. The van der Waals surface area contributed by atoms with Crippen LogP contribution >= 0.6 is 11.6 Å². The number of hydrogen-bond donors (Lipinski definition) is 1. The van der Waals surface area contributed by atoms with Crippen LogP contribution in [0.5, 0.6) is 0 Å². The van der Waals surface area contributed by atoms with Crippen molar-refractivity contribution in [2.75, 3.05) is 49.5 Å². The molecule has 0 unspecified atom stereocenters. The van der Waals surface area contributed by atoms with Crippen LogP contribution in [0.15, 0.2) is 30.6 Å². The van der Waals surface area contributed by atoms with Crippen molar-refractivity contribution in [1.82, 2.24) is 19.8 Å². The van der Waals surface area contributed by atoms with Gasteiger partial charge in [0.05, 0.1) is 16.4 Å². The number of nitrogens with zero attached hydrogens (tertiary/aromatic N) is 5. The molecule has 0 radical (unpaired) electrons. The smallest absolute Gasteiger partial charge is 0.321 e. The Morgan fingerprint density at radius 1 is 1.06 bits per heavy atom. The van der Waals surface area contributed by atoms with Gasteiger partial charge in [-0.2, -0.15) is 0 Å². The van der Waals surface area contributed by atoms with Crippen molar-refractivity contribution < 1.29 is 4.79 Å². The summed E-state index contributed by atoms with van der Waals surface area (Å²) >= 11 is 6.54. The van der Waals surface area contributed by atoms with Crippen molar-refractivity contribution in [2.24, 2.45) is 0 Å². The van der Waals surface area contributed by atoms with E-state index in [-0.39, 0.29) is 6.03 Å². The van der Waals surface area contributed by atoms with E-state index in [2.05, 4.69) is 38.9 Å². The van der Waals surface area contributed by atoms with Crippen LogP contribution in [-0.4, -0.2) is 71.1 Å². The largest absolute Gasteiger partial charge is 0.367 e. The highest BCUT2D eigenvalue weighted by Gasteiger charge is 2.27. The second kappa shape index (κ2) is 10.0. The second-order valence-corrected chi connectivity index (χ2v) is 9.47. The van der Waals surface area contributed by atoms with Gasteiger partial charge in [-0.25, -0.2) is 14.8 Å². The normalized spacial score (nSPS) is 18.3. The molecule has 1 aromatic carbocycles. The average Bonchev–Trinajstić information content (AvgIpc) is 2.81. The monoisotopic (exact) mass is 456 g/mol. The van der Waals surface area contributed by atoms with Gasteiger partial charge in [0.25, 0.3) is 0 Å². The first-order chi connectivity index (χ1) is 15.4. The van der Waals surface area contributed by atoms with Crippen molar-refractivity contribution in [2.45, 2.75) is 45.6 Å². The number of urea groups is 1. The molecule has 1 aromatic heterocycles. The molecule has 2 saturated heterocycles. The highest BCUT2D eigenvalue weighted by Crippen LogP contribution is 2.34. The van der Waals surface area contributed by atoms with Gasteiger partial charge in [-0.1, -0.05) is 17.7 Å². The maximum absolute atomic E-state index is 13.1. The number of para-hydroxylation sites is 1. The standard InChI is InChI=1S/C24H33ClN6O/c1-17(2)29-11-13-30(14-12-29)21-6-4-5-20(25)22(21)28-24(32)31-9-7-19(8-10-31)23-26-15-18(3)16-27-23/h4-6,15-17,19H,7-14H2,1-3H3,(H,28,32). The number of piperazine rings is 1. The fourth-order valence-electron chi connectivity index (χ4n) is 4.52. The van der Waals surface area contributed by atoms with E-state index in [1.165, 1.54) is 0 Å². The van der Waals surface area contributed by atoms with Gasteiger partial charge in [-0.05, 0) is 51.3 Å². The highest BCUT2D eigenvalue weighted by molar-refractivity contribution is 6.34. The van der Waals surface area contributed by atoms with Gasteiger partial charge in [-0.15, -0.1) is 0 Å². The van der Waals surface area contributed by atoms with Crippen LogP contribution in [0, 0.1) is 6.92 Å². The number of aryl methyl sites for hydroxylation is 1. The van der Waals surface area contributed by atoms with Crippen molar-refractivity contribution in [1.29, 1.82) is 0 Å². The minimum Gasteiger partial charge on any atom is -0.367 e. The molecule has 0 atom stereocenters. The van der Waals surface area contributed by atoms with Gasteiger partial charge < -0.3 is 15.1 Å². The summed E-state index contributed by atoms with van der Waals surface area (Å²) < 4.78 is 0. The number of amides is 2. The topological polar surface area (TPSA) is 64.6 Å². The number of anilines is 2. The summed E-state index contributed by atoms with van der Waals surface area (Å²) in [6.07, 6.45) is 5.45. The average molecular weight is 457 g/mol. The maximum Gasteiger partial charge on any atom is 0.321 e. The highest BCUT2D eigenvalue weighted by atomic mass is 35.5. The first-order valence-corrected chi connectivity index (χ1v) is 11.9. The Kier molecular flexibility index (Phi) is 7.16. The van der Waals surface area contributed by atoms with Crippen LogP contribution in [0.25, 0.3) is 0 Å². The molecule has 0 aliphatic carbocycles. The van der Waals surface area contributed by atoms with Gasteiger partial charge >= 0.3 is 6.03 Å². The van der Waals surface area contributed by atoms with E-state index >= 15 is 0 Å². The van der Waals surface area contributed by atoms with E-state index in [9.17, 15) is 4.79 Å². The molecule has 3 heterocycles. The van der Waals surface area contributed by atoms with Gasteiger partial charge in [0.2, 0.25) is 0 Å². The molecule has 2 aliphatic heterocycles. The molecule has 2 aromatic rings. The minimum atomic E-state index is -0.0940. The van der Waals surface area contributed by atoms with Crippen LogP contribution in [0.1, 0.15) is 44.0 Å². The molecule has 7 nitrogen and oxygen atoms in total. The van der Waals surface area contributed by atoms with Gasteiger partial charge in [0.15, 0.2) is 0 Å². The number of nitrogens with one attached hydrogen (secondary N) is 1. The van der Waals surface area contributed by atoms with Crippen LogP contribution in [0.4, 0.5) is 16.2 Å². The van der Waals surface area contributed by atoms with E-state index in [4.69, 9.17) is 11.6 Å². The predicted molar refractivity (Wildman–Crippen MR) is 130 cm³/mol. The Balaban J connectivity index is 1.39. The predicted octanol–water partition coefficient (Wildman–Crippen LogP) is 4.38. The molecule has 0 spiro atoms. The van der Waals surface area contributed by atoms with E-state index < -0.39 is 0 Å². The number of aromatic nitrogens is 2. The lowest BCUT2D eigenvalue weighted by atomic mass is 9.96. The molecule has 8 heteroatoms. The summed E-state index contributed by atoms with van der Waals surface area (Å²) in [6, 6.07) is 6.29. The van der Waals surface area contributed by atoms with Gasteiger partial charge in [0.1, 0.15) is 5.82 Å². The third kappa shape index (κ3) is 5.15. The number of hydrogen-bond acceptors (Lipinski definition) is 5. The SMILES string of the molecule is Cc1cnc(C2CCN(C(=O)Nc3c(Cl)cccc3N3CCN(C(C)C)CC3)CC2)nc1. The summed E-state index contributed by atoms with van der Waals surface area (Å²) in [5, 5.41) is 3.68. The molecule has 2 fully saturated rings. The molecule has 2 amide bonds. The first kappa shape index (κ1) is 22.8. The molecule has 1 N–H and O–H groups in total. The van der Waals surface area contributed by atoms with Crippen molar-refractivity contribution >= 4 is 29.0 Å². The zero-order valence-corrected chi connectivity index (χ0v) is 20.0. The van der Waals surface area contributed by atoms with E-state index in [0.717, 1.165) is 56.1 Å². The summed E-state index contributed by atoms with van der Waals surface area (Å²) in [5.41, 5.74) is 2.77. The minimum absolute atomic E-state index is 0.0940. The van der Waals surface area contributed by atoms with Crippen LogP contribution in [0.2, 0.25) is 5.02 Å². The summed E-state index contributed by atoms with van der Waals surface area (Å²) in [6.45, 7) is 11.7. The number of likely N-dealkylation sites (tertiary alicyclic amines) is 1. The van der Waals surface area contributed by atoms with Crippen molar-refractivity contribution in [3.63, 3.8) is 0 Å². The van der Waals surface area contributed by atoms with Crippen LogP contribution in [0.3, 0.4) is 0 Å². The Bertz CT molecular complexity index is 919. The van der Waals surface area contributed by atoms with Crippen molar-refractivity contribution in [3.8, 4) is 0 Å². The molecule has 0 saturated carbocycles. The zero-order chi connectivity index (χ0) is 22.7. The lowest BCUT2D eigenvalue weighted by molar-refractivity contribution is 0.193. The third-order valence-electron chi connectivity index (χ3n) is 6.56. The number of carbonyl (C=O) groups excluding carboxylic acids is 1. The zero-order valence-electron chi connectivity index (χ0n) is 19.2. The molecule has 172 valence electrons. The Morgan fingerprint density at radius 2 is 1.72 bits per heavy atom. The van der Waals surface area contributed by atoms with Crippen LogP contribution < -0.4 is 10.2 Å². The molecular formula is C24H33ClN6O. The number of rotatable bonds is 4. The summed E-state index contributed by atoms with van der Waals surface area (Å²) in [5.74, 6) is 1.18.